The summed E-state index contributed by atoms with van der Waals surface area (Å²) in [6.45, 7) is 0.127. The summed E-state index contributed by atoms with van der Waals surface area (Å²) < 4.78 is 0. The zero-order valence-corrected chi connectivity index (χ0v) is 12.7. The highest BCUT2D eigenvalue weighted by Crippen LogP contribution is 2.36. The Morgan fingerprint density at radius 2 is 2.00 bits per heavy atom. The van der Waals surface area contributed by atoms with Crippen LogP contribution in [0.25, 0.3) is 16.6 Å². The molecule has 24 heavy (non-hydrogen) atoms. The van der Waals surface area contributed by atoms with Gasteiger partial charge in [0.25, 0.3) is 5.91 Å². The van der Waals surface area contributed by atoms with Crippen LogP contribution in [0.3, 0.4) is 0 Å². The highest BCUT2D eigenvalue weighted by Gasteiger charge is 2.27. The Morgan fingerprint density at radius 3 is 2.79 bits per heavy atom. The second kappa shape index (κ2) is 5.78. The average Bonchev–Trinajstić information content (AvgIpc) is 3.18. The highest BCUT2D eigenvalue weighted by molar-refractivity contribution is 6.34. The third-order valence-electron chi connectivity index (χ3n) is 4.00. The zero-order valence-electron chi connectivity index (χ0n) is 12.7. The van der Waals surface area contributed by atoms with Crippen LogP contribution in [0.5, 0.6) is 0 Å². The van der Waals surface area contributed by atoms with Crippen LogP contribution >= 0.6 is 0 Å². The Balaban J connectivity index is 1.66. The number of hydrogen-bond acceptors (Lipinski definition) is 5. The van der Waals surface area contributed by atoms with Gasteiger partial charge in [-0.15, -0.1) is 5.10 Å². The van der Waals surface area contributed by atoms with Gasteiger partial charge >= 0.3 is 0 Å². The second-order valence-electron chi connectivity index (χ2n) is 5.52. The number of anilines is 2. The maximum Gasteiger partial charge on any atom is 0.257 e. The lowest BCUT2D eigenvalue weighted by atomic mass is 10.1. The molecule has 0 saturated heterocycles. The number of carbonyl (C=O) groups excluding carboxylic acids is 1. The van der Waals surface area contributed by atoms with Crippen molar-refractivity contribution in [2.45, 2.75) is 6.42 Å². The van der Waals surface area contributed by atoms with E-state index < -0.39 is 0 Å². The molecule has 0 unspecified atom stereocenters. The van der Waals surface area contributed by atoms with Crippen molar-refractivity contribution < 1.29 is 9.90 Å². The number of nitrogens with one attached hydrogen (secondary N) is 3. The van der Waals surface area contributed by atoms with Crippen molar-refractivity contribution in [3.63, 3.8) is 0 Å². The fraction of sp³-hybridized carbons (Fsp3) is 0.118. The predicted molar refractivity (Wildman–Crippen MR) is 91.3 cm³/mol. The van der Waals surface area contributed by atoms with Crippen molar-refractivity contribution in [1.82, 2.24) is 15.4 Å². The molecule has 0 saturated carbocycles. The first-order valence-corrected chi connectivity index (χ1v) is 7.58. The Morgan fingerprint density at radius 1 is 1.17 bits per heavy atom. The van der Waals surface area contributed by atoms with Crippen molar-refractivity contribution in [2.75, 3.05) is 17.2 Å². The summed E-state index contributed by atoms with van der Waals surface area (Å²) in [6, 6.07) is 11.3. The summed E-state index contributed by atoms with van der Waals surface area (Å²) in [5, 5.41) is 25.6. The molecule has 1 aliphatic rings. The molecule has 0 atom stereocenters. The van der Waals surface area contributed by atoms with Gasteiger partial charge in [0.1, 0.15) is 5.52 Å². The number of aromatic nitrogens is 3. The van der Waals surface area contributed by atoms with Gasteiger partial charge in [-0.2, -0.15) is 0 Å². The molecule has 4 rings (SSSR count). The van der Waals surface area contributed by atoms with Crippen LogP contribution < -0.4 is 10.6 Å². The summed E-state index contributed by atoms with van der Waals surface area (Å²) in [5.41, 5.74) is 5.41. The van der Waals surface area contributed by atoms with Crippen LogP contribution in [0.2, 0.25) is 0 Å². The molecule has 0 bridgehead atoms. The monoisotopic (exact) mass is 321 g/mol. The lowest BCUT2D eigenvalue weighted by Crippen LogP contribution is -2.05. The number of hydrogen-bond donors (Lipinski definition) is 4. The van der Waals surface area contributed by atoms with Crippen molar-refractivity contribution in [3.8, 4) is 0 Å². The first-order chi connectivity index (χ1) is 11.8. The molecule has 7 nitrogen and oxygen atoms in total. The summed E-state index contributed by atoms with van der Waals surface area (Å²) in [4.78, 5) is 12.3. The molecular weight excluding hydrogens is 306 g/mol. The van der Waals surface area contributed by atoms with Gasteiger partial charge in [0.2, 0.25) is 0 Å². The third kappa shape index (κ3) is 2.40. The van der Waals surface area contributed by atoms with E-state index in [4.69, 9.17) is 5.11 Å². The van der Waals surface area contributed by atoms with Crippen LogP contribution in [0.15, 0.2) is 42.6 Å². The minimum absolute atomic E-state index is 0.127. The molecule has 1 aromatic heterocycles. The lowest BCUT2D eigenvalue weighted by Gasteiger charge is -2.04. The smallest absolute Gasteiger partial charge is 0.257 e. The normalized spacial score (nSPS) is 14.9. The molecule has 3 aromatic rings. The van der Waals surface area contributed by atoms with Crippen LogP contribution in [0.1, 0.15) is 11.1 Å². The van der Waals surface area contributed by atoms with Crippen LogP contribution in [-0.4, -0.2) is 33.0 Å². The maximum absolute atomic E-state index is 12.3. The fourth-order valence-corrected chi connectivity index (χ4v) is 2.79. The largest absolute Gasteiger partial charge is 0.396 e. The number of benzene rings is 2. The molecule has 0 fully saturated rings. The molecule has 0 radical (unpaired) electrons. The van der Waals surface area contributed by atoms with Gasteiger partial charge in [0.05, 0.1) is 16.8 Å². The Kier molecular flexibility index (Phi) is 3.47. The highest BCUT2D eigenvalue weighted by atomic mass is 16.3. The minimum atomic E-state index is -0.170. The van der Waals surface area contributed by atoms with Crippen molar-refractivity contribution >= 4 is 33.9 Å². The zero-order chi connectivity index (χ0) is 16.5. The average molecular weight is 321 g/mol. The fourth-order valence-electron chi connectivity index (χ4n) is 2.79. The van der Waals surface area contributed by atoms with Gasteiger partial charge in [-0.1, -0.05) is 17.3 Å². The summed E-state index contributed by atoms with van der Waals surface area (Å²) in [5.74, 6) is -0.170. The molecule has 0 spiro atoms. The van der Waals surface area contributed by atoms with Gasteiger partial charge in [-0.25, -0.2) is 0 Å². The van der Waals surface area contributed by atoms with Gasteiger partial charge in [-0.05, 0) is 36.2 Å². The number of aliphatic hydroxyl groups is 1. The number of carbonyl (C=O) groups is 1. The Hall–Kier alpha value is -3.19. The first-order valence-electron chi connectivity index (χ1n) is 7.58. The van der Waals surface area contributed by atoms with Gasteiger partial charge in [0.15, 0.2) is 0 Å². The molecule has 2 heterocycles. The molecule has 0 aliphatic carbocycles. The number of aliphatic hydroxyl groups excluding tert-OH is 1. The van der Waals surface area contributed by atoms with E-state index >= 15 is 0 Å². The summed E-state index contributed by atoms with van der Waals surface area (Å²) in [7, 11) is 0. The molecule has 1 amide bonds. The number of aromatic amines is 1. The Bertz CT molecular complexity index is 943. The van der Waals surface area contributed by atoms with Gasteiger partial charge < -0.3 is 15.7 Å². The summed E-state index contributed by atoms with van der Waals surface area (Å²) in [6.07, 6.45) is 2.31. The number of fused-ring (bicyclic) bond motifs is 3. The number of amides is 1. The third-order valence-corrected chi connectivity index (χ3v) is 4.00. The topological polar surface area (TPSA) is 103 Å². The van der Waals surface area contributed by atoms with Crippen molar-refractivity contribution in [1.29, 1.82) is 0 Å². The van der Waals surface area contributed by atoms with E-state index in [0.717, 1.165) is 28.0 Å². The minimum Gasteiger partial charge on any atom is -0.396 e. The Labute approximate surface area is 137 Å². The molecular formula is C17H15N5O2. The van der Waals surface area contributed by atoms with E-state index in [-0.39, 0.29) is 12.5 Å². The van der Waals surface area contributed by atoms with E-state index in [0.29, 0.717) is 17.5 Å². The molecule has 2 aromatic carbocycles. The first kappa shape index (κ1) is 14.4. The summed E-state index contributed by atoms with van der Waals surface area (Å²) >= 11 is 0. The molecule has 7 heteroatoms. The lowest BCUT2D eigenvalue weighted by molar-refractivity contribution is -0.110. The van der Waals surface area contributed by atoms with Gasteiger partial charge in [-0.3, -0.25) is 9.89 Å². The van der Waals surface area contributed by atoms with E-state index in [1.165, 1.54) is 0 Å². The molecule has 120 valence electrons. The van der Waals surface area contributed by atoms with Crippen molar-refractivity contribution in [2.24, 2.45) is 0 Å². The number of rotatable bonds is 4. The van der Waals surface area contributed by atoms with Crippen LogP contribution in [0.4, 0.5) is 11.4 Å². The number of nitrogens with zero attached hydrogens (tertiary/aromatic N) is 2. The standard InChI is InChI=1S/C17H15N5O2/c23-8-7-10-1-3-11(4-2-10)18-9-12-15-13(19-17(12)24)5-6-14-16(15)21-22-20-14/h1-6,9,18,23H,7-8H2,(H,19,24)(H,20,21,22)/b12-9+. The van der Waals surface area contributed by atoms with E-state index in [1.807, 2.05) is 36.4 Å². The number of H-pyrrole nitrogens is 1. The SMILES string of the molecule is O=C1Nc2ccc3nn[nH]c3c2/C1=C\Nc1ccc(CCO)cc1. The second-order valence-corrected chi connectivity index (χ2v) is 5.52. The van der Waals surface area contributed by atoms with Crippen LogP contribution in [-0.2, 0) is 11.2 Å². The van der Waals surface area contributed by atoms with Gasteiger partial charge in [0, 0.05) is 24.1 Å². The molecule has 1 aliphatic heterocycles. The maximum atomic E-state index is 12.3. The van der Waals surface area contributed by atoms with E-state index in [1.54, 1.807) is 6.20 Å². The van der Waals surface area contributed by atoms with Crippen molar-refractivity contribution in [3.05, 3.63) is 53.7 Å². The van der Waals surface area contributed by atoms with E-state index in [9.17, 15) is 4.79 Å². The predicted octanol–water partition coefficient (Wildman–Crippen LogP) is 1.90. The van der Waals surface area contributed by atoms with Crippen LogP contribution in [0, 0.1) is 0 Å². The van der Waals surface area contributed by atoms with E-state index in [2.05, 4.69) is 26.0 Å². The quantitative estimate of drug-likeness (QED) is 0.550. The molecule has 4 N–H and O–H groups in total.